The van der Waals surface area contributed by atoms with Crippen LogP contribution in [0.1, 0.15) is 23.1 Å². The summed E-state index contributed by atoms with van der Waals surface area (Å²) in [6.07, 6.45) is 1.77. The van der Waals surface area contributed by atoms with Gasteiger partial charge in [-0.25, -0.2) is 9.97 Å². The number of ketones is 1. The van der Waals surface area contributed by atoms with Crippen molar-refractivity contribution in [1.82, 2.24) is 15.0 Å². The van der Waals surface area contributed by atoms with Crippen molar-refractivity contribution in [3.8, 4) is 0 Å². The minimum absolute atomic E-state index is 0.0413. The number of fused-ring (bicyclic) bond motifs is 1. The number of benzene rings is 2. The fourth-order valence-electron chi connectivity index (χ4n) is 2.97. The van der Waals surface area contributed by atoms with Gasteiger partial charge in [-0.15, -0.1) is 0 Å². The summed E-state index contributed by atoms with van der Waals surface area (Å²) in [7, 11) is 0. The second-order valence-electron chi connectivity index (χ2n) is 6.45. The molecule has 6 heteroatoms. The number of pyridine rings is 1. The van der Waals surface area contributed by atoms with Gasteiger partial charge in [-0.2, -0.15) is 0 Å². The summed E-state index contributed by atoms with van der Waals surface area (Å²) in [5.41, 5.74) is 3.29. The predicted octanol–water partition coefficient (Wildman–Crippen LogP) is 5.02. The van der Waals surface area contributed by atoms with E-state index < -0.39 is 0 Å². The van der Waals surface area contributed by atoms with Crippen molar-refractivity contribution < 1.29 is 4.79 Å². The fourth-order valence-corrected chi connectivity index (χ4v) is 2.97. The molecular formula is C22H19N5O. The van der Waals surface area contributed by atoms with E-state index in [1.54, 1.807) is 25.3 Å². The molecule has 0 aliphatic rings. The van der Waals surface area contributed by atoms with E-state index in [2.05, 4.69) is 25.6 Å². The lowest BCUT2D eigenvalue weighted by Gasteiger charge is -2.12. The number of hydrogen-bond acceptors (Lipinski definition) is 6. The van der Waals surface area contributed by atoms with Crippen LogP contribution in [0.3, 0.4) is 0 Å². The van der Waals surface area contributed by atoms with Gasteiger partial charge in [0.2, 0.25) is 0 Å². The Bertz CT molecular complexity index is 1150. The standard InChI is InChI=1S/C22H19N5O/c1-14(28)16-8-10-18(11-9-16)26-20-13-21(25-15(2)24-20)27-19-7-3-5-17-6-4-12-23-22(17)19/h3-13H,1-2H3,(H2,24,25,26,27). The Hall–Kier alpha value is -3.80. The fraction of sp³-hybridized carbons (Fsp3) is 0.0909. The number of nitrogens with one attached hydrogen (secondary N) is 2. The van der Waals surface area contributed by atoms with Crippen LogP contribution in [0.2, 0.25) is 0 Å². The Morgan fingerprint density at radius 2 is 1.61 bits per heavy atom. The highest BCUT2D eigenvalue weighted by Gasteiger charge is 2.07. The molecule has 0 saturated heterocycles. The van der Waals surface area contributed by atoms with Crippen LogP contribution in [0.4, 0.5) is 23.0 Å². The van der Waals surface area contributed by atoms with Crippen molar-refractivity contribution in [2.24, 2.45) is 0 Å². The summed E-state index contributed by atoms with van der Waals surface area (Å²) in [5.74, 6) is 2.02. The van der Waals surface area contributed by atoms with E-state index in [9.17, 15) is 4.79 Å². The highest BCUT2D eigenvalue weighted by molar-refractivity contribution is 5.94. The number of hydrogen-bond donors (Lipinski definition) is 2. The molecule has 0 unspecified atom stereocenters. The Labute approximate surface area is 162 Å². The molecule has 0 atom stereocenters. The maximum absolute atomic E-state index is 11.4. The van der Waals surface area contributed by atoms with Gasteiger partial charge in [-0.1, -0.05) is 18.2 Å². The number of carbonyl (C=O) groups excluding carboxylic acids is 1. The van der Waals surface area contributed by atoms with Crippen molar-refractivity contribution in [2.45, 2.75) is 13.8 Å². The largest absolute Gasteiger partial charge is 0.340 e. The molecule has 2 heterocycles. The minimum Gasteiger partial charge on any atom is -0.340 e. The molecule has 0 amide bonds. The van der Waals surface area contributed by atoms with Crippen molar-refractivity contribution in [3.63, 3.8) is 0 Å². The van der Waals surface area contributed by atoms with Crippen molar-refractivity contribution >= 4 is 39.7 Å². The molecule has 2 aromatic heterocycles. The quantitative estimate of drug-likeness (QED) is 0.481. The number of aryl methyl sites for hydroxylation is 1. The van der Waals surface area contributed by atoms with E-state index in [4.69, 9.17) is 0 Å². The van der Waals surface area contributed by atoms with Gasteiger partial charge in [-0.05, 0) is 50.2 Å². The Morgan fingerprint density at radius 3 is 2.36 bits per heavy atom. The summed E-state index contributed by atoms with van der Waals surface area (Å²) in [6.45, 7) is 3.40. The summed E-state index contributed by atoms with van der Waals surface area (Å²) < 4.78 is 0. The normalized spacial score (nSPS) is 10.6. The van der Waals surface area contributed by atoms with Crippen LogP contribution in [0.5, 0.6) is 0 Å². The number of rotatable bonds is 5. The van der Waals surface area contributed by atoms with Gasteiger partial charge >= 0.3 is 0 Å². The second kappa shape index (κ2) is 7.44. The SMILES string of the molecule is CC(=O)c1ccc(Nc2cc(Nc3cccc4cccnc34)nc(C)n2)cc1. The first-order valence-corrected chi connectivity index (χ1v) is 8.93. The molecule has 0 radical (unpaired) electrons. The maximum atomic E-state index is 11.4. The second-order valence-corrected chi connectivity index (χ2v) is 6.45. The molecule has 0 spiro atoms. The van der Waals surface area contributed by atoms with E-state index in [1.165, 1.54) is 0 Å². The highest BCUT2D eigenvalue weighted by Crippen LogP contribution is 2.25. The first kappa shape index (κ1) is 17.6. The Kier molecular flexibility index (Phi) is 4.68. The van der Waals surface area contributed by atoms with Gasteiger partial charge in [0.1, 0.15) is 17.5 Å². The summed E-state index contributed by atoms with van der Waals surface area (Å²) in [5, 5.41) is 7.65. The van der Waals surface area contributed by atoms with Gasteiger partial charge in [-0.3, -0.25) is 9.78 Å². The molecule has 4 aromatic rings. The predicted molar refractivity (Wildman–Crippen MR) is 112 cm³/mol. The first-order valence-electron chi connectivity index (χ1n) is 8.93. The maximum Gasteiger partial charge on any atom is 0.159 e. The molecule has 0 saturated carbocycles. The Balaban J connectivity index is 1.61. The van der Waals surface area contributed by atoms with E-state index >= 15 is 0 Å². The summed E-state index contributed by atoms with van der Waals surface area (Å²) in [6, 6.07) is 19.1. The molecule has 0 fully saturated rings. The molecule has 0 bridgehead atoms. The third kappa shape index (κ3) is 3.81. The minimum atomic E-state index is 0.0413. The van der Waals surface area contributed by atoms with Gasteiger partial charge in [0.05, 0.1) is 11.2 Å². The highest BCUT2D eigenvalue weighted by atomic mass is 16.1. The topological polar surface area (TPSA) is 79.8 Å². The van der Waals surface area contributed by atoms with Crippen LogP contribution in [-0.4, -0.2) is 20.7 Å². The molecule has 0 aliphatic heterocycles. The first-order chi connectivity index (χ1) is 13.6. The lowest BCUT2D eigenvalue weighted by molar-refractivity contribution is 0.101. The number of anilines is 4. The van der Waals surface area contributed by atoms with Gasteiger partial charge in [0.15, 0.2) is 5.78 Å². The van der Waals surface area contributed by atoms with Crippen LogP contribution >= 0.6 is 0 Å². The van der Waals surface area contributed by atoms with E-state index in [0.29, 0.717) is 23.0 Å². The number of aromatic nitrogens is 3. The lowest BCUT2D eigenvalue weighted by atomic mass is 10.1. The van der Waals surface area contributed by atoms with E-state index in [-0.39, 0.29) is 5.78 Å². The number of carbonyl (C=O) groups is 1. The number of para-hydroxylation sites is 1. The van der Waals surface area contributed by atoms with Gasteiger partial charge in [0.25, 0.3) is 0 Å². The molecule has 0 aliphatic carbocycles. The average molecular weight is 369 g/mol. The van der Waals surface area contributed by atoms with Crippen LogP contribution in [-0.2, 0) is 0 Å². The molecule has 6 nitrogen and oxygen atoms in total. The molecular weight excluding hydrogens is 350 g/mol. The van der Waals surface area contributed by atoms with Crippen LogP contribution in [0, 0.1) is 6.92 Å². The van der Waals surface area contributed by atoms with Crippen LogP contribution in [0.15, 0.2) is 66.9 Å². The smallest absolute Gasteiger partial charge is 0.159 e. The molecule has 28 heavy (non-hydrogen) atoms. The zero-order valence-electron chi connectivity index (χ0n) is 15.6. The van der Waals surface area contributed by atoms with Crippen LogP contribution in [0.25, 0.3) is 10.9 Å². The van der Waals surface area contributed by atoms with E-state index in [1.807, 2.05) is 55.5 Å². The van der Waals surface area contributed by atoms with Gasteiger partial charge < -0.3 is 10.6 Å². The molecule has 2 N–H and O–H groups in total. The van der Waals surface area contributed by atoms with Crippen LogP contribution < -0.4 is 10.6 Å². The van der Waals surface area contributed by atoms with Crippen molar-refractivity contribution in [2.75, 3.05) is 10.6 Å². The summed E-state index contributed by atoms with van der Waals surface area (Å²) >= 11 is 0. The zero-order chi connectivity index (χ0) is 19.5. The molecule has 2 aromatic carbocycles. The third-order valence-electron chi connectivity index (χ3n) is 4.30. The zero-order valence-corrected chi connectivity index (χ0v) is 15.6. The van der Waals surface area contributed by atoms with E-state index in [0.717, 1.165) is 22.3 Å². The van der Waals surface area contributed by atoms with Crippen molar-refractivity contribution in [1.29, 1.82) is 0 Å². The third-order valence-corrected chi connectivity index (χ3v) is 4.30. The molecule has 138 valence electrons. The Morgan fingerprint density at radius 1 is 0.893 bits per heavy atom. The monoisotopic (exact) mass is 369 g/mol. The number of Topliss-reactive ketones (excluding diaryl/α,β-unsaturated/α-hetero) is 1. The molecule has 4 rings (SSSR count). The number of nitrogens with zero attached hydrogens (tertiary/aromatic N) is 3. The van der Waals surface area contributed by atoms with Gasteiger partial charge in [0, 0.05) is 28.9 Å². The summed E-state index contributed by atoms with van der Waals surface area (Å²) in [4.78, 5) is 24.8. The van der Waals surface area contributed by atoms with Crippen molar-refractivity contribution in [3.05, 3.63) is 78.2 Å². The lowest BCUT2D eigenvalue weighted by Crippen LogP contribution is -2.02. The average Bonchev–Trinajstić information content (AvgIpc) is 2.68.